The first-order valence-electron chi connectivity index (χ1n) is 8.10. The maximum atomic E-state index is 12.4. The second-order valence-corrected chi connectivity index (χ2v) is 6.92. The summed E-state index contributed by atoms with van der Waals surface area (Å²) in [5.41, 5.74) is 1.16. The molecule has 0 bridgehead atoms. The molecule has 1 aromatic heterocycles. The van der Waals surface area contributed by atoms with E-state index in [1.807, 2.05) is 13.8 Å². The molecule has 26 heavy (non-hydrogen) atoms. The minimum absolute atomic E-state index is 0.0539. The smallest absolute Gasteiger partial charge is 0.337 e. The Morgan fingerprint density at radius 2 is 1.81 bits per heavy atom. The van der Waals surface area contributed by atoms with Crippen molar-refractivity contribution in [2.75, 3.05) is 7.11 Å². The number of thiophene rings is 1. The van der Waals surface area contributed by atoms with E-state index in [2.05, 4.69) is 10.1 Å². The maximum absolute atomic E-state index is 12.4. The molecule has 2 rings (SSSR count). The molecule has 0 saturated heterocycles. The number of methoxy groups -OCH3 is 1. The SMILES string of the molecule is COC(=O)c1ccc(COC(=O)[C@H](NC(=O)c2cccs2)C(C)C)cc1. The molecule has 0 radical (unpaired) electrons. The summed E-state index contributed by atoms with van der Waals surface area (Å²) in [6, 6.07) is 9.33. The fraction of sp³-hybridized carbons (Fsp3) is 0.316. The predicted molar refractivity (Wildman–Crippen MR) is 98.0 cm³/mol. The fourth-order valence-electron chi connectivity index (χ4n) is 2.22. The maximum Gasteiger partial charge on any atom is 0.337 e. The van der Waals surface area contributed by atoms with Gasteiger partial charge in [0.15, 0.2) is 0 Å². The molecule has 1 atom stereocenters. The summed E-state index contributed by atoms with van der Waals surface area (Å²) in [6.45, 7) is 3.73. The van der Waals surface area contributed by atoms with Crippen molar-refractivity contribution < 1.29 is 23.9 Å². The van der Waals surface area contributed by atoms with Crippen LogP contribution < -0.4 is 5.32 Å². The average Bonchev–Trinajstić information content (AvgIpc) is 3.18. The summed E-state index contributed by atoms with van der Waals surface area (Å²) in [5.74, 6) is -1.34. The third-order valence-electron chi connectivity index (χ3n) is 3.71. The van der Waals surface area contributed by atoms with E-state index in [-0.39, 0.29) is 18.4 Å². The van der Waals surface area contributed by atoms with Crippen LogP contribution in [0, 0.1) is 5.92 Å². The highest BCUT2D eigenvalue weighted by Gasteiger charge is 2.26. The molecule has 1 aromatic carbocycles. The first kappa shape index (κ1) is 19.7. The lowest BCUT2D eigenvalue weighted by Gasteiger charge is -2.20. The third kappa shape index (κ3) is 5.16. The lowest BCUT2D eigenvalue weighted by Crippen LogP contribution is -2.45. The van der Waals surface area contributed by atoms with E-state index >= 15 is 0 Å². The number of nitrogens with one attached hydrogen (secondary N) is 1. The number of rotatable bonds is 7. The molecule has 0 aliphatic heterocycles. The van der Waals surface area contributed by atoms with Crippen molar-refractivity contribution in [1.82, 2.24) is 5.32 Å². The number of esters is 2. The van der Waals surface area contributed by atoms with Gasteiger partial charge >= 0.3 is 11.9 Å². The van der Waals surface area contributed by atoms with E-state index in [1.165, 1.54) is 18.4 Å². The number of hydrogen-bond acceptors (Lipinski definition) is 6. The van der Waals surface area contributed by atoms with Crippen molar-refractivity contribution in [2.24, 2.45) is 5.92 Å². The molecule has 0 aliphatic rings. The minimum Gasteiger partial charge on any atom is -0.465 e. The normalized spacial score (nSPS) is 11.7. The fourth-order valence-corrected chi connectivity index (χ4v) is 2.84. The predicted octanol–water partition coefficient (Wildman–Crippen LogP) is 3.03. The third-order valence-corrected chi connectivity index (χ3v) is 4.58. The van der Waals surface area contributed by atoms with Crippen molar-refractivity contribution in [1.29, 1.82) is 0 Å². The van der Waals surface area contributed by atoms with Gasteiger partial charge in [-0.2, -0.15) is 0 Å². The quantitative estimate of drug-likeness (QED) is 0.752. The lowest BCUT2D eigenvalue weighted by molar-refractivity contribution is -0.148. The standard InChI is InChI=1S/C19H21NO5S/c1-12(2)16(20-17(21)15-5-4-10-26-15)19(23)25-11-13-6-8-14(9-7-13)18(22)24-3/h4-10,12,16H,11H2,1-3H3,(H,20,21)/t16-/m1/s1. The number of carbonyl (C=O) groups excluding carboxylic acids is 3. The van der Waals surface area contributed by atoms with E-state index in [4.69, 9.17) is 4.74 Å². The van der Waals surface area contributed by atoms with Crippen LogP contribution in [0.2, 0.25) is 0 Å². The molecule has 1 amide bonds. The summed E-state index contributed by atoms with van der Waals surface area (Å²) >= 11 is 1.31. The molecule has 1 N–H and O–H groups in total. The molecule has 6 nitrogen and oxygen atoms in total. The number of amides is 1. The molecule has 2 aromatic rings. The molecule has 0 fully saturated rings. The Labute approximate surface area is 156 Å². The van der Waals surface area contributed by atoms with Crippen LogP contribution in [-0.4, -0.2) is 31.0 Å². The summed E-state index contributed by atoms with van der Waals surface area (Å²) in [6.07, 6.45) is 0. The second kappa shape index (κ2) is 9.15. The molecule has 138 valence electrons. The van der Waals surface area contributed by atoms with Crippen molar-refractivity contribution in [3.8, 4) is 0 Å². The Balaban J connectivity index is 1.95. The molecule has 1 heterocycles. The molecule has 0 spiro atoms. The van der Waals surface area contributed by atoms with Crippen LogP contribution in [0.5, 0.6) is 0 Å². The number of benzene rings is 1. The largest absolute Gasteiger partial charge is 0.465 e. The highest BCUT2D eigenvalue weighted by molar-refractivity contribution is 7.12. The van der Waals surface area contributed by atoms with Gasteiger partial charge in [0.2, 0.25) is 0 Å². The Bertz CT molecular complexity index is 753. The first-order valence-corrected chi connectivity index (χ1v) is 8.98. The first-order chi connectivity index (χ1) is 12.4. The molecular formula is C19H21NO5S. The topological polar surface area (TPSA) is 81.7 Å². The van der Waals surface area contributed by atoms with Crippen LogP contribution in [-0.2, 0) is 20.9 Å². The molecule has 0 aliphatic carbocycles. The monoisotopic (exact) mass is 375 g/mol. The Kier molecular flexibility index (Phi) is 6.91. The van der Waals surface area contributed by atoms with Gasteiger partial charge in [0.25, 0.3) is 5.91 Å². The van der Waals surface area contributed by atoms with Crippen LogP contribution in [0.25, 0.3) is 0 Å². The van der Waals surface area contributed by atoms with Gasteiger partial charge in [-0.25, -0.2) is 9.59 Å². The van der Waals surface area contributed by atoms with Crippen LogP contribution in [0.1, 0.15) is 39.4 Å². The molecular weight excluding hydrogens is 354 g/mol. The Morgan fingerprint density at radius 3 is 2.35 bits per heavy atom. The highest BCUT2D eigenvalue weighted by atomic mass is 32.1. The lowest BCUT2D eigenvalue weighted by atomic mass is 10.0. The summed E-state index contributed by atoms with van der Waals surface area (Å²) < 4.78 is 9.97. The zero-order valence-corrected chi connectivity index (χ0v) is 15.7. The van der Waals surface area contributed by atoms with Gasteiger partial charge in [-0.1, -0.05) is 32.0 Å². The summed E-state index contributed by atoms with van der Waals surface area (Å²) in [4.78, 5) is 36.5. The molecule has 7 heteroatoms. The van der Waals surface area contributed by atoms with Gasteiger partial charge in [0.05, 0.1) is 17.6 Å². The van der Waals surface area contributed by atoms with Gasteiger partial charge in [-0.15, -0.1) is 11.3 Å². The van der Waals surface area contributed by atoms with E-state index in [0.717, 1.165) is 5.56 Å². The number of carbonyl (C=O) groups is 3. The average molecular weight is 375 g/mol. The van der Waals surface area contributed by atoms with E-state index < -0.39 is 18.0 Å². The van der Waals surface area contributed by atoms with Crippen molar-refractivity contribution in [3.63, 3.8) is 0 Å². The zero-order valence-electron chi connectivity index (χ0n) is 14.9. The zero-order chi connectivity index (χ0) is 19.1. The Morgan fingerprint density at radius 1 is 1.12 bits per heavy atom. The van der Waals surface area contributed by atoms with Crippen LogP contribution >= 0.6 is 11.3 Å². The summed E-state index contributed by atoms with van der Waals surface area (Å²) in [5, 5.41) is 4.52. The minimum atomic E-state index is -0.737. The van der Waals surface area contributed by atoms with Crippen LogP contribution in [0.4, 0.5) is 0 Å². The van der Waals surface area contributed by atoms with Gasteiger partial charge in [-0.05, 0) is 35.1 Å². The van der Waals surface area contributed by atoms with Crippen LogP contribution in [0.15, 0.2) is 41.8 Å². The van der Waals surface area contributed by atoms with E-state index in [1.54, 1.807) is 41.8 Å². The van der Waals surface area contributed by atoms with Gasteiger partial charge in [-0.3, -0.25) is 4.79 Å². The molecule has 0 unspecified atom stereocenters. The van der Waals surface area contributed by atoms with Crippen molar-refractivity contribution >= 4 is 29.2 Å². The van der Waals surface area contributed by atoms with Crippen molar-refractivity contribution in [3.05, 3.63) is 57.8 Å². The van der Waals surface area contributed by atoms with Gasteiger partial charge in [0, 0.05) is 0 Å². The summed E-state index contributed by atoms with van der Waals surface area (Å²) in [7, 11) is 1.31. The molecule has 0 saturated carbocycles. The van der Waals surface area contributed by atoms with Gasteiger partial charge < -0.3 is 14.8 Å². The van der Waals surface area contributed by atoms with Crippen molar-refractivity contribution in [2.45, 2.75) is 26.5 Å². The van der Waals surface area contributed by atoms with E-state index in [0.29, 0.717) is 10.4 Å². The van der Waals surface area contributed by atoms with Gasteiger partial charge in [0.1, 0.15) is 12.6 Å². The second-order valence-electron chi connectivity index (χ2n) is 5.97. The number of ether oxygens (including phenoxy) is 2. The number of hydrogen-bond donors (Lipinski definition) is 1. The Hall–Kier alpha value is -2.67. The highest BCUT2D eigenvalue weighted by Crippen LogP contribution is 2.12. The van der Waals surface area contributed by atoms with E-state index in [9.17, 15) is 14.4 Å². The van der Waals surface area contributed by atoms with Crippen LogP contribution in [0.3, 0.4) is 0 Å².